The molecule has 1 saturated heterocycles. The van der Waals surface area contributed by atoms with Crippen LogP contribution in [0.5, 0.6) is 0 Å². The fourth-order valence-corrected chi connectivity index (χ4v) is 4.17. The van der Waals surface area contributed by atoms with Crippen LogP contribution in [-0.4, -0.2) is 32.1 Å². The molecule has 2 heterocycles. The number of carbonyl (C=O) groups excluding carboxylic acids is 2. The minimum atomic E-state index is -0.393. The van der Waals surface area contributed by atoms with E-state index in [1.807, 2.05) is 12.3 Å². The number of hydrogen-bond acceptors (Lipinski definition) is 5. The Kier molecular flexibility index (Phi) is 3.75. The largest absolute Gasteiger partial charge is 0.465 e. The highest BCUT2D eigenvalue weighted by atomic mass is 32.1. The van der Waals surface area contributed by atoms with E-state index in [0.717, 1.165) is 37.9 Å². The lowest BCUT2D eigenvalue weighted by molar-refractivity contribution is -0.118. The minimum Gasteiger partial charge on any atom is -0.465 e. The molecule has 0 bridgehead atoms. The maximum absolute atomic E-state index is 12.5. The number of ether oxygens (including phenoxy) is 1. The third-order valence-electron chi connectivity index (χ3n) is 4.70. The molecule has 0 radical (unpaired) electrons. The first-order valence-electron chi connectivity index (χ1n) is 7.25. The zero-order chi connectivity index (χ0) is 15.0. The van der Waals surface area contributed by atoms with Crippen LogP contribution in [0, 0.1) is 18.3 Å². The number of amides is 1. The summed E-state index contributed by atoms with van der Waals surface area (Å²) >= 11 is 1.31. The molecule has 0 aromatic carbocycles. The van der Waals surface area contributed by atoms with Gasteiger partial charge in [0, 0.05) is 5.92 Å². The molecule has 1 spiro atoms. The summed E-state index contributed by atoms with van der Waals surface area (Å²) in [5.74, 6) is -0.260. The Bertz CT molecular complexity index is 575. The lowest BCUT2D eigenvalue weighted by Gasteiger charge is -2.23. The van der Waals surface area contributed by atoms with Gasteiger partial charge >= 0.3 is 5.97 Å². The average molecular weight is 308 g/mol. The normalized spacial score (nSPS) is 22.9. The summed E-state index contributed by atoms with van der Waals surface area (Å²) < 4.78 is 4.77. The van der Waals surface area contributed by atoms with Gasteiger partial charge in [-0.1, -0.05) is 0 Å². The third-order valence-corrected chi connectivity index (χ3v) is 5.78. The summed E-state index contributed by atoms with van der Waals surface area (Å²) in [5.41, 5.74) is 1.73. The number of piperidine rings is 1. The van der Waals surface area contributed by atoms with Crippen molar-refractivity contribution >= 4 is 28.9 Å². The number of carbonyl (C=O) groups is 2. The van der Waals surface area contributed by atoms with Gasteiger partial charge in [-0.05, 0) is 55.6 Å². The van der Waals surface area contributed by atoms with Crippen molar-refractivity contribution in [2.75, 3.05) is 25.5 Å². The second-order valence-electron chi connectivity index (χ2n) is 5.97. The van der Waals surface area contributed by atoms with Gasteiger partial charge in [-0.3, -0.25) is 4.79 Å². The van der Waals surface area contributed by atoms with Crippen LogP contribution in [0.3, 0.4) is 0 Å². The molecule has 1 atom stereocenters. The van der Waals surface area contributed by atoms with Crippen LogP contribution in [0.4, 0.5) is 5.69 Å². The maximum atomic E-state index is 12.5. The van der Waals surface area contributed by atoms with E-state index >= 15 is 0 Å². The Morgan fingerprint density at radius 3 is 2.81 bits per heavy atom. The number of anilines is 1. The number of hydrogen-bond donors (Lipinski definition) is 2. The van der Waals surface area contributed by atoms with Crippen molar-refractivity contribution in [3.05, 3.63) is 15.8 Å². The summed E-state index contributed by atoms with van der Waals surface area (Å²) in [6, 6.07) is 0. The minimum absolute atomic E-state index is 0.0450. The topological polar surface area (TPSA) is 67.4 Å². The highest BCUT2D eigenvalue weighted by molar-refractivity contribution is 7.12. The van der Waals surface area contributed by atoms with E-state index in [1.165, 1.54) is 18.4 Å². The van der Waals surface area contributed by atoms with Crippen LogP contribution in [0.15, 0.2) is 5.38 Å². The molecule has 1 unspecified atom stereocenters. The first kappa shape index (κ1) is 14.5. The van der Waals surface area contributed by atoms with Gasteiger partial charge in [-0.15, -0.1) is 11.3 Å². The molecule has 2 aliphatic rings. The van der Waals surface area contributed by atoms with Crippen LogP contribution in [0.25, 0.3) is 0 Å². The molecule has 6 heteroatoms. The predicted molar refractivity (Wildman–Crippen MR) is 81.7 cm³/mol. The van der Waals surface area contributed by atoms with Crippen molar-refractivity contribution < 1.29 is 14.3 Å². The Balaban J connectivity index is 1.71. The molecular formula is C15H20N2O3S. The second kappa shape index (κ2) is 5.42. The molecule has 1 aromatic heterocycles. The van der Waals surface area contributed by atoms with E-state index in [1.54, 1.807) is 0 Å². The number of rotatable bonds is 3. The number of methoxy groups -OCH3 is 1. The van der Waals surface area contributed by atoms with Crippen LogP contribution >= 0.6 is 11.3 Å². The molecule has 114 valence electrons. The maximum Gasteiger partial charge on any atom is 0.350 e. The highest BCUT2D eigenvalue weighted by Crippen LogP contribution is 2.58. The quantitative estimate of drug-likeness (QED) is 0.840. The number of aryl methyl sites for hydroxylation is 1. The van der Waals surface area contributed by atoms with E-state index in [2.05, 4.69) is 10.6 Å². The molecule has 21 heavy (non-hydrogen) atoms. The Hall–Kier alpha value is -1.40. The second-order valence-corrected chi connectivity index (χ2v) is 6.85. The summed E-state index contributed by atoms with van der Waals surface area (Å²) in [6.07, 6.45) is 3.10. The first-order chi connectivity index (χ1) is 10.1. The predicted octanol–water partition coefficient (Wildman–Crippen LogP) is 2.17. The average Bonchev–Trinajstić information content (AvgIpc) is 3.06. The van der Waals surface area contributed by atoms with Gasteiger partial charge in [-0.25, -0.2) is 4.79 Å². The zero-order valence-corrected chi connectivity index (χ0v) is 13.1. The molecule has 2 N–H and O–H groups in total. The highest BCUT2D eigenvalue weighted by Gasteiger charge is 2.57. The first-order valence-corrected chi connectivity index (χ1v) is 8.13. The lowest BCUT2D eigenvalue weighted by atomic mass is 9.92. The number of esters is 1. The van der Waals surface area contributed by atoms with Crippen molar-refractivity contribution in [2.45, 2.75) is 26.2 Å². The molecule has 1 saturated carbocycles. The molecule has 3 rings (SSSR count). The van der Waals surface area contributed by atoms with Gasteiger partial charge in [0.15, 0.2) is 0 Å². The standard InChI is InChI=1S/C15H20N2O3S/c1-9-8-21-12(14(19)20-2)11(9)17-13(18)10-7-15(10)3-5-16-6-4-15/h8,10,16H,3-7H2,1-2H3,(H,17,18). The fourth-order valence-electron chi connectivity index (χ4n) is 3.25. The Morgan fingerprint density at radius 1 is 1.43 bits per heavy atom. The summed E-state index contributed by atoms with van der Waals surface area (Å²) in [5, 5.41) is 8.16. The van der Waals surface area contributed by atoms with E-state index < -0.39 is 5.97 Å². The van der Waals surface area contributed by atoms with Crippen molar-refractivity contribution in [1.29, 1.82) is 0 Å². The Morgan fingerprint density at radius 2 is 2.14 bits per heavy atom. The SMILES string of the molecule is COC(=O)c1scc(C)c1NC(=O)C1CC12CCNCC2. The van der Waals surface area contributed by atoms with Crippen molar-refractivity contribution in [3.63, 3.8) is 0 Å². The van der Waals surface area contributed by atoms with E-state index in [9.17, 15) is 9.59 Å². The molecule has 1 aromatic rings. The van der Waals surface area contributed by atoms with Gasteiger partial charge in [0.05, 0.1) is 12.8 Å². The van der Waals surface area contributed by atoms with Crippen molar-refractivity contribution in [1.82, 2.24) is 5.32 Å². The fraction of sp³-hybridized carbons (Fsp3) is 0.600. The Labute approximate surface area is 128 Å². The van der Waals surface area contributed by atoms with Crippen LogP contribution in [0.2, 0.25) is 0 Å². The van der Waals surface area contributed by atoms with Gasteiger partial charge in [0.2, 0.25) is 5.91 Å². The molecule has 5 nitrogen and oxygen atoms in total. The molecular weight excluding hydrogens is 288 g/mol. The van der Waals surface area contributed by atoms with Gasteiger partial charge < -0.3 is 15.4 Å². The zero-order valence-electron chi connectivity index (χ0n) is 12.3. The van der Waals surface area contributed by atoms with Crippen LogP contribution < -0.4 is 10.6 Å². The smallest absolute Gasteiger partial charge is 0.350 e. The van der Waals surface area contributed by atoms with Gasteiger partial charge in [0.25, 0.3) is 0 Å². The lowest BCUT2D eigenvalue weighted by Crippen LogP contribution is -2.31. The summed E-state index contributed by atoms with van der Waals surface area (Å²) in [7, 11) is 1.36. The summed E-state index contributed by atoms with van der Waals surface area (Å²) in [4.78, 5) is 24.7. The molecule has 1 aliphatic carbocycles. The van der Waals surface area contributed by atoms with E-state index in [4.69, 9.17) is 4.74 Å². The number of thiophene rings is 1. The van der Waals surface area contributed by atoms with E-state index in [-0.39, 0.29) is 17.2 Å². The monoisotopic (exact) mass is 308 g/mol. The van der Waals surface area contributed by atoms with Crippen LogP contribution in [-0.2, 0) is 9.53 Å². The third kappa shape index (κ3) is 2.58. The van der Waals surface area contributed by atoms with Crippen molar-refractivity contribution in [2.24, 2.45) is 11.3 Å². The van der Waals surface area contributed by atoms with Gasteiger partial charge in [0.1, 0.15) is 4.88 Å². The summed E-state index contributed by atoms with van der Waals surface area (Å²) in [6.45, 7) is 3.88. The molecule has 1 aliphatic heterocycles. The van der Waals surface area contributed by atoms with Crippen LogP contribution in [0.1, 0.15) is 34.5 Å². The van der Waals surface area contributed by atoms with Gasteiger partial charge in [-0.2, -0.15) is 0 Å². The van der Waals surface area contributed by atoms with Crippen molar-refractivity contribution in [3.8, 4) is 0 Å². The molecule has 2 fully saturated rings. The van der Waals surface area contributed by atoms with E-state index in [0.29, 0.717) is 10.6 Å². The number of nitrogens with one attached hydrogen (secondary N) is 2. The molecule has 1 amide bonds.